The van der Waals surface area contributed by atoms with Crippen LogP contribution in [-0.2, 0) is 17.9 Å². The Bertz CT molecular complexity index is 1170. The maximum Gasteiger partial charge on any atom is 0.352 e. The lowest BCUT2D eigenvalue weighted by molar-refractivity contribution is -0.859. The van der Waals surface area contributed by atoms with Gasteiger partial charge in [-0.15, -0.1) is 0 Å². The van der Waals surface area contributed by atoms with E-state index in [1.54, 1.807) is 4.57 Å². The molecular formula is C20H27BrN6O3. The maximum atomic E-state index is 13.1. The molecule has 1 aromatic carbocycles. The lowest BCUT2D eigenvalue weighted by atomic mass is 10.1. The van der Waals surface area contributed by atoms with E-state index >= 15 is 0 Å². The molecule has 0 spiro atoms. The molecule has 0 fully saturated rings. The fourth-order valence-electron chi connectivity index (χ4n) is 3.23. The summed E-state index contributed by atoms with van der Waals surface area (Å²) < 4.78 is 2.94. The third-order valence-corrected chi connectivity index (χ3v) is 5.01. The van der Waals surface area contributed by atoms with E-state index in [-0.39, 0.29) is 41.0 Å². The number of amides is 1. The SMILES string of the molecule is CC(=O)NCCn1c2nc(=O)n(CC[NH+](C)C)c(=O)c-2nc2cc(C)c(C)cc21.[Br-]. The zero-order valence-corrected chi connectivity index (χ0v) is 19.5. The van der Waals surface area contributed by atoms with E-state index in [9.17, 15) is 14.4 Å². The number of carbonyl (C=O) groups is 1. The van der Waals surface area contributed by atoms with Crippen LogP contribution in [0.2, 0.25) is 0 Å². The van der Waals surface area contributed by atoms with Crippen LogP contribution in [-0.4, -0.2) is 52.2 Å². The summed E-state index contributed by atoms with van der Waals surface area (Å²) >= 11 is 0. The van der Waals surface area contributed by atoms with E-state index in [2.05, 4.69) is 15.3 Å². The van der Waals surface area contributed by atoms with Gasteiger partial charge in [0.1, 0.15) is 0 Å². The number of hydrogen-bond donors (Lipinski definition) is 2. The summed E-state index contributed by atoms with van der Waals surface area (Å²) in [7, 11) is 3.91. The van der Waals surface area contributed by atoms with Gasteiger partial charge in [0.15, 0.2) is 11.5 Å². The van der Waals surface area contributed by atoms with Crippen molar-refractivity contribution in [3.05, 3.63) is 44.1 Å². The molecule has 3 rings (SSSR count). The first kappa shape index (κ1) is 23.7. The van der Waals surface area contributed by atoms with Crippen LogP contribution in [0.5, 0.6) is 0 Å². The first-order chi connectivity index (χ1) is 13.7. The molecule has 2 aliphatic rings. The lowest BCUT2D eigenvalue weighted by Gasteiger charge is -2.19. The van der Waals surface area contributed by atoms with Gasteiger partial charge in [-0.3, -0.25) is 14.2 Å². The number of nitrogens with one attached hydrogen (secondary N) is 2. The number of hydrogen-bond acceptors (Lipinski definition) is 5. The minimum atomic E-state index is -0.581. The first-order valence-electron chi connectivity index (χ1n) is 9.65. The number of nitrogens with zero attached hydrogens (tertiary/aromatic N) is 4. The average Bonchev–Trinajstić information content (AvgIpc) is 2.63. The van der Waals surface area contributed by atoms with Crippen LogP contribution in [0.3, 0.4) is 0 Å². The van der Waals surface area contributed by atoms with Crippen LogP contribution in [0.25, 0.3) is 22.6 Å². The van der Waals surface area contributed by atoms with Crippen molar-refractivity contribution in [1.82, 2.24) is 24.4 Å². The molecule has 1 aromatic rings. The highest BCUT2D eigenvalue weighted by Gasteiger charge is 2.22. The third-order valence-electron chi connectivity index (χ3n) is 5.01. The minimum absolute atomic E-state index is 0. The van der Waals surface area contributed by atoms with Crippen molar-refractivity contribution in [3.8, 4) is 11.5 Å². The largest absolute Gasteiger partial charge is 1.00 e. The molecule has 162 valence electrons. The Hall–Kier alpha value is -2.59. The molecular weight excluding hydrogens is 452 g/mol. The number of carbonyl (C=O) groups excluding carboxylic acids is 1. The molecule has 0 bridgehead atoms. The molecule has 1 amide bonds. The molecule has 0 aromatic heterocycles. The van der Waals surface area contributed by atoms with Gasteiger partial charge in [0, 0.05) is 20.0 Å². The van der Waals surface area contributed by atoms with Gasteiger partial charge in [-0.25, -0.2) is 9.78 Å². The monoisotopic (exact) mass is 478 g/mol. The Balaban J connectivity index is 0.00000320. The summed E-state index contributed by atoms with van der Waals surface area (Å²) in [6.07, 6.45) is 0. The van der Waals surface area contributed by atoms with E-state index in [0.29, 0.717) is 25.2 Å². The summed E-state index contributed by atoms with van der Waals surface area (Å²) in [5, 5.41) is 2.75. The molecule has 2 heterocycles. The highest BCUT2D eigenvalue weighted by atomic mass is 79.9. The Labute approximate surface area is 184 Å². The van der Waals surface area contributed by atoms with Crippen LogP contribution < -0.4 is 38.4 Å². The van der Waals surface area contributed by atoms with Crippen LogP contribution in [0.1, 0.15) is 18.1 Å². The minimum Gasteiger partial charge on any atom is -1.00 e. The van der Waals surface area contributed by atoms with Crippen molar-refractivity contribution < 1.29 is 26.7 Å². The molecule has 0 atom stereocenters. The van der Waals surface area contributed by atoms with Gasteiger partial charge in [0.05, 0.1) is 38.2 Å². The molecule has 0 aliphatic carbocycles. The highest BCUT2D eigenvalue weighted by Crippen LogP contribution is 2.23. The normalized spacial score (nSPS) is 11.1. The zero-order valence-electron chi connectivity index (χ0n) is 17.9. The molecule has 0 saturated carbocycles. The topological polar surface area (TPSA) is 103 Å². The molecule has 0 unspecified atom stereocenters. The van der Waals surface area contributed by atoms with Gasteiger partial charge in [0.25, 0.3) is 5.56 Å². The molecule has 0 radical (unpaired) electrons. The van der Waals surface area contributed by atoms with Crippen molar-refractivity contribution in [2.24, 2.45) is 0 Å². The second kappa shape index (κ2) is 9.48. The van der Waals surface area contributed by atoms with Gasteiger partial charge in [-0.05, 0) is 37.1 Å². The summed E-state index contributed by atoms with van der Waals surface area (Å²) in [6, 6.07) is 3.90. The first-order valence-corrected chi connectivity index (χ1v) is 9.65. The number of benzene rings is 1. The van der Waals surface area contributed by atoms with Crippen molar-refractivity contribution in [1.29, 1.82) is 0 Å². The molecule has 2 N–H and O–H groups in total. The second-order valence-electron chi connectivity index (χ2n) is 7.65. The Morgan fingerprint density at radius 2 is 1.73 bits per heavy atom. The number of aryl methyl sites for hydroxylation is 2. The lowest BCUT2D eigenvalue weighted by Crippen LogP contribution is -3.06. The number of aromatic nitrogens is 4. The third kappa shape index (κ3) is 4.76. The predicted octanol–water partition coefficient (Wildman–Crippen LogP) is -4.04. The summed E-state index contributed by atoms with van der Waals surface area (Å²) in [5.74, 6) is 0.0980. The van der Waals surface area contributed by atoms with Crippen LogP contribution >= 0.6 is 0 Å². The van der Waals surface area contributed by atoms with Crippen molar-refractivity contribution in [3.63, 3.8) is 0 Å². The Morgan fingerprint density at radius 1 is 1.07 bits per heavy atom. The maximum absolute atomic E-state index is 13.1. The Morgan fingerprint density at radius 3 is 2.37 bits per heavy atom. The quantitative estimate of drug-likeness (QED) is 0.351. The molecule has 9 nitrogen and oxygen atoms in total. The Kier molecular flexibility index (Phi) is 7.49. The van der Waals surface area contributed by atoms with Gasteiger partial charge >= 0.3 is 5.69 Å². The number of likely N-dealkylation sites (N-methyl/N-ethyl adjacent to an activating group) is 1. The number of rotatable bonds is 6. The second-order valence-corrected chi connectivity index (χ2v) is 7.65. The number of fused-ring (bicyclic) bond motifs is 2. The van der Waals surface area contributed by atoms with Crippen LogP contribution in [0.4, 0.5) is 0 Å². The predicted molar refractivity (Wildman–Crippen MR) is 111 cm³/mol. The molecule has 30 heavy (non-hydrogen) atoms. The van der Waals surface area contributed by atoms with Crippen molar-refractivity contribution >= 4 is 16.9 Å². The number of halogens is 1. The smallest absolute Gasteiger partial charge is 0.352 e. The summed E-state index contributed by atoms with van der Waals surface area (Å²) in [5.41, 5.74) is 2.70. The van der Waals surface area contributed by atoms with Gasteiger partial charge < -0.3 is 31.8 Å². The fraction of sp³-hybridized carbons (Fsp3) is 0.450. The fourth-order valence-corrected chi connectivity index (χ4v) is 3.23. The average molecular weight is 479 g/mol. The number of quaternary nitrogens is 1. The summed E-state index contributed by atoms with van der Waals surface area (Å²) in [4.78, 5) is 46.8. The zero-order chi connectivity index (χ0) is 21.3. The van der Waals surface area contributed by atoms with E-state index in [4.69, 9.17) is 0 Å². The van der Waals surface area contributed by atoms with Crippen molar-refractivity contribution in [2.75, 3.05) is 27.2 Å². The van der Waals surface area contributed by atoms with Gasteiger partial charge in [0.2, 0.25) is 5.91 Å². The van der Waals surface area contributed by atoms with E-state index < -0.39 is 11.2 Å². The highest BCUT2D eigenvalue weighted by molar-refractivity contribution is 5.81. The van der Waals surface area contributed by atoms with Gasteiger partial charge in [-0.1, -0.05) is 0 Å². The van der Waals surface area contributed by atoms with E-state index in [1.165, 1.54) is 6.92 Å². The summed E-state index contributed by atoms with van der Waals surface area (Å²) in [6.45, 7) is 7.04. The van der Waals surface area contributed by atoms with Crippen LogP contribution in [0.15, 0.2) is 21.7 Å². The van der Waals surface area contributed by atoms with Gasteiger partial charge in [-0.2, -0.15) is 4.98 Å². The molecule has 10 heteroatoms. The van der Waals surface area contributed by atoms with E-state index in [1.807, 2.05) is 40.1 Å². The van der Waals surface area contributed by atoms with Crippen molar-refractivity contribution in [2.45, 2.75) is 33.9 Å². The standard InChI is InChI=1S/C20H26N6O3.BrH/c1-12-10-15-16(11-13(12)2)25(7-6-21-14(3)27)18-17(22-15)19(28)26(20(29)23-18)9-8-24(4)5;/h10-11H,6-9H2,1-5H3,(H,21,27);1H. The van der Waals surface area contributed by atoms with E-state index in [0.717, 1.165) is 26.1 Å². The van der Waals surface area contributed by atoms with Crippen LogP contribution in [0, 0.1) is 13.8 Å². The molecule has 0 saturated heterocycles. The molecule has 2 aliphatic heterocycles.